The number of carbonyl (C=O) groups is 1. The summed E-state index contributed by atoms with van der Waals surface area (Å²) < 4.78 is 11.6. The predicted octanol–water partition coefficient (Wildman–Crippen LogP) is 3.66. The number of fused-ring (bicyclic) bond motifs is 2. The fourth-order valence-corrected chi connectivity index (χ4v) is 3.32. The molecule has 26 heavy (non-hydrogen) atoms. The molecule has 0 saturated heterocycles. The van der Waals surface area contributed by atoms with Gasteiger partial charge in [0.25, 0.3) is 0 Å². The van der Waals surface area contributed by atoms with Crippen LogP contribution in [-0.2, 0) is 11.2 Å². The topological polar surface area (TPSA) is 75.7 Å². The molecule has 1 aliphatic heterocycles. The van der Waals surface area contributed by atoms with Crippen molar-refractivity contribution < 1.29 is 14.3 Å². The minimum absolute atomic E-state index is 0.175. The van der Waals surface area contributed by atoms with Crippen molar-refractivity contribution in [2.45, 2.75) is 13.3 Å². The Hall–Kier alpha value is -2.80. The highest BCUT2D eigenvalue weighted by Crippen LogP contribution is 2.32. The van der Waals surface area contributed by atoms with E-state index in [4.69, 9.17) is 9.47 Å². The Labute approximate surface area is 158 Å². The van der Waals surface area contributed by atoms with E-state index in [1.807, 2.05) is 43.3 Å². The molecular weight excluding hydrogens is 398 g/mol. The number of amides is 1. The number of aromatic amines is 1. The first-order valence-electron chi connectivity index (χ1n) is 8.08. The molecule has 7 heteroatoms. The van der Waals surface area contributed by atoms with Crippen molar-refractivity contribution in [1.29, 1.82) is 0 Å². The van der Waals surface area contributed by atoms with Crippen LogP contribution in [0, 0.1) is 6.92 Å². The maximum absolute atomic E-state index is 12.3. The molecule has 0 atom stereocenters. The molecule has 132 valence electrons. The number of benzene rings is 2. The zero-order valence-corrected chi connectivity index (χ0v) is 15.6. The lowest BCUT2D eigenvalue weighted by Crippen LogP contribution is -2.20. The van der Waals surface area contributed by atoms with Gasteiger partial charge in [-0.15, -0.1) is 0 Å². The number of nitrogens with zero attached hydrogens (tertiary/aromatic N) is 1. The first-order valence-corrected chi connectivity index (χ1v) is 8.88. The molecule has 1 aliphatic rings. The summed E-state index contributed by atoms with van der Waals surface area (Å²) in [6.07, 6.45) is 1.83. The van der Waals surface area contributed by atoms with Crippen LogP contribution >= 0.6 is 15.9 Å². The van der Waals surface area contributed by atoms with Crippen LogP contribution in [0.3, 0.4) is 0 Å². The van der Waals surface area contributed by atoms with Gasteiger partial charge in [0, 0.05) is 21.1 Å². The number of nitrogens with one attached hydrogen (secondary N) is 2. The van der Waals surface area contributed by atoms with Gasteiger partial charge >= 0.3 is 0 Å². The van der Waals surface area contributed by atoms with Crippen LogP contribution < -0.4 is 14.9 Å². The summed E-state index contributed by atoms with van der Waals surface area (Å²) in [4.78, 5) is 15.6. The van der Waals surface area contributed by atoms with Crippen molar-refractivity contribution in [3.8, 4) is 11.5 Å². The maximum atomic E-state index is 12.3. The summed E-state index contributed by atoms with van der Waals surface area (Å²) >= 11 is 3.47. The molecule has 0 fully saturated rings. The Kier molecular flexibility index (Phi) is 4.38. The zero-order chi connectivity index (χ0) is 18.1. The number of carbonyl (C=O) groups excluding carboxylic acids is 1. The number of ether oxygens (including phenoxy) is 2. The average Bonchev–Trinajstić information content (AvgIpc) is 3.19. The van der Waals surface area contributed by atoms with Gasteiger partial charge < -0.3 is 14.5 Å². The molecule has 2 aromatic carbocycles. The molecule has 0 saturated carbocycles. The molecule has 0 radical (unpaired) electrons. The van der Waals surface area contributed by atoms with Crippen molar-refractivity contribution >= 4 is 39.0 Å². The fourth-order valence-electron chi connectivity index (χ4n) is 2.95. The van der Waals surface area contributed by atoms with E-state index < -0.39 is 0 Å². The van der Waals surface area contributed by atoms with Gasteiger partial charge in [-0.2, -0.15) is 5.10 Å². The van der Waals surface area contributed by atoms with E-state index in [0.29, 0.717) is 11.5 Å². The summed E-state index contributed by atoms with van der Waals surface area (Å²) in [5.74, 6) is 1.22. The van der Waals surface area contributed by atoms with Crippen molar-refractivity contribution in [3.63, 3.8) is 0 Å². The number of aromatic nitrogens is 1. The third-order valence-electron chi connectivity index (χ3n) is 4.22. The van der Waals surface area contributed by atoms with E-state index in [1.165, 1.54) is 0 Å². The standard InChI is InChI=1S/C19H16BrN3O3/c1-11-14(15-7-13(20)3-4-16(15)22-11)8-19(24)23-21-9-12-2-5-17-18(6-12)26-10-25-17/h2-7,9,22H,8,10H2,1H3,(H,23,24)/b21-9-. The second-order valence-electron chi connectivity index (χ2n) is 6.00. The first kappa shape index (κ1) is 16.7. The van der Waals surface area contributed by atoms with Crippen molar-refractivity contribution in [1.82, 2.24) is 10.4 Å². The van der Waals surface area contributed by atoms with Crippen LogP contribution in [0.4, 0.5) is 0 Å². The highest BCUT2D eigenvalue weighted by atomic mass is 79.9. The molecular formula is C19H16BrN3O3. The molecule has 2 heterocycles. The van der Waals surface area contributed by atoms with E-state index in [1.54, 1.807) is 6.21 Å². The Morgan fingerprint density at radius 3 is 3.00 bits per heavy atom. The Balaban J connectivity index is 1.44. The molecule has 3 aromatic rings. The lowest BCUT2D eigenvalue weighted by Gasteiger charge is -2.02. The number of hydrazone groups is 1. The first-order chi connectivity index (χ1) is 12.6. The minimum atomic E-state index is -0.175. The smallest absolute Gasteiger partial charge is 0.244 e. The number of hydrogen-bond donors (Lipinski definition) is 2. The van der Waals surface area contributed by atoms with Gasteiger partial charge in [-0.05, 0) is 54.4 Å². The Morgan fingerprint density at radius 1 is 1.27 bits per heavy atom. The summed E-state index contributed by atoms with van der Waals surface area (Å²) in [7, 11) is 0. The minimum Gasteiger partial charge on any atom is -0.454 e. The van der Waals surface area contributed by atoms with Crippen LogP contribution in [0.5, 0.6) is 11.5 Å². The molecule has 6 nitrogen and oxygen atoms in total. The number of halogens is 1. The van der Waals surface area contributed by atoms with Crippen molar-refractivity contribution in [2.75, 3.05) is 6.79 Å². The van der Waals surface area contributed by atoms with Crippen LogP contribution in [0.25, 0.3) is 10.9 Å². The third kappa shape index (κ3) is 3.30. The largest absolute Gasteiger partial charge is 0.454 e. The summed E-state index contributed by atoms with van der Waals surface area (Å²) in [5.41, 5.74) is 6.36. The Bertz CT molecular complexity index is 1030. The van der Waals surface area contributed by atoms with Gasteiger partial charge in [0.05, 0.1) is 12.6 Å². The van der Waals surface area contributed by atoms with E-state index in [-0.39, 0.29) is 19.1 Å². The summed E-state index contributed by atoms with van der Waals surface area (Å²) in [6, 6.07) is 11.5. The van der Waals surface area contributed by atoms with Crippen LogP contribution in [-0.4, -0.2) is 23.9 Å². The molecule has 1 amide bonds. The lowest BCUT2D eigenvalue weighted by atomic mass is 10.1. The maximum Gasteiger partial charge on any atom is 0.244 e. The molecule has 2 N–H and O–H groups in total. The van der Waals surface area contributed by atoms with Crippen LogP contribution in [0.2, 0.25) is 0 Å². The number of hydrogen-bond acceptors (Lipinski definition) is 4. The van der Waals surface area contributed by atoms with Gasteiger partial charge in [0.15, 0.2) is 11.5 Å². The second-order valence-corrected chi connectivity index (χ2v) is 6.92. The van der Waals surface area contributed by atoms with Gasteiger partial charge in [0.1, 0.15) is 0 Å². The highest BCUT2D eigenvalue weighted by Gasteiger charge is 2.14. The van der Waals surface area contributed by atoms with Gasteiger partial charge in [0.2, 0.25) is 12.7 Å². The van der Waals surface area contributed by atoms with Crippen molar-refractivity contribution in [3.05, 3.63) is 57.7 Å². The molecule has 1 aromatic heterocycles. The second kappa shape index (κ2) is 6.84. The normalized spacial score (nSPS) is 12.8. The zero-order valence-electron chi connectivity index (χ0n) is 14.0. The Morgan fingerprint density at radius 2 is 2.12 bits per heavy atom. The molecule has 4 rings (SSSR count). The van der Waals surface area contributed by atoms with E-state index >= 15 is 0 Å². The van der Waals surface area contributed by atoms with Gasteiger partial charge in [-0.1, -0.05) is 15.9 Å². The van der Waals surface area contributed by atoms with E-state index in [2.05, 4.69) is 31.4 Å². The molecule has 0 bridgehead atoms. The summed E-state index contributed by atoms with van der Waals surface area (Å²) in [6.45, 7) is 2.19. The number of rotatable bonds is 4. The molecule has 0 spiro atoms. The monoisotopic (exact) mass is 413 g/mol. The van der Waals surface area contributed by atoms with E-state index in [9.17, 15) is 4.79 Å². The van der Waals surface area contributed by atoms with Crippen LogP contribution in [0.1, 0.15) is 16.8 Å². The number of H-pyrrole nitrogens is 1. The van der Waals surface area contributed by atoms with Gasteiger partial charge in [-0.25, -0.2) is 5.43 Å². The number of aryl methyl sites for hydroxylation is 1. The molecule has 0 unspecified atom stereocenters. The predicted molar refractivity (Wildman–Crippen MR) is 103 cm³/mol. The van der Waals surface area contributed by atoms with Gasteiger partial charge in [-0.3, -0.25) is 4.79 Å². The van der Waals surface area contributed by atoms with Crippen LogP contribution in [0.15, 0.2) is 46.0 Å². The average molecular weight is 414 g/mol. The SMILES string of the molecule is Cc1[nH]c2ccc(Br)cc2c1CC(=O)N/N=C\c1ccc2c(c1)OCO2. The quantitative estimate of drug-likeness (QED) is 0.506. The third-order valence-corrected chi connectivity index (χ3v) is 4.71. The highest BCUT2D eigenvalue weighted by molar-refractivity contribution is 9.10. The fraction of sp³-hybridized carbons (Fsp3) is 0.158. The lowest BCUT2D eigenvalue weighted by molar-refractivity contribution is -0.120. The van der Waals surface area contributed by atoms with Crippen molar-refractivity contribution in [2.24, 2.45) is 5.10 Å². The molecule has 0 aliphatic carbocycles. The van der Waals surface area contributed by atoms with E-state index in [0.717, 1.165) is 32.2 Å². The summed E-state index contributed by atoms with van der Waals surface area (Å²) in [5, 5.41) is 5.07.